The molecule has 1 aliphatic carbocycles. The fraction of sp³-hybridized carbons (Fsp3) is 0.594. The summed E-state index contributed by atoms with van der Waals surface area (Å²) in [6, 6.07) is 2.44. The molecular weight excluding hydrogens is 678 g/mol. The topological polar surface area (TPSA) is 130 Å². The molecule has 48 heavy (non-hydrogen) atoms. The van der Waals surface area contributed by atoms with Crippen molar-refractivity contribution in [3.8, 4) is 0 Å². The zero-order chi connectivity index (χ0) is 34.6. The van der Waals surface area contributed by atoms with Gasteiger partial charge in [0, 0.05) is 49.5 Å². The number of amides is 2. The average molecular weight is 718 g/mol. The van der Waals surface area contributed by atoms with Gasteiger partial charge in [0.1, 0.15) is 11.9 Å². The molecule has 1 aromatic carbocycles. The molecule has 3 heterocycles. The number of sulfonamides is 1. The van der Waals surface area contributed by atoms with Gasteiger partial charge in [0.05, 0.1) is 23.4 Å². The van der Waals surface area contributed by atoms with Gasteiger partial charge in [0.2, 0.25) is 15.9 Å². The van der Waals surface area contributed by atoms with Crippen molar-refractivity contribution in [2.24, 2.45) is 5.92 Å². The first-order valence-electron chi connectivity index (χ1n) is 16.1. The lowest BCUT2D eigenvalue weighted by Gasteiger charge is -2.39. The zero-order valence-corrected chi connectivity index (χ0v) is 28.0. The SMILES string of the molecule is COC(=O)NC(C(=O)NC1CCCCC1CCC1CNC2CCCS(=O)(=O)N1C2)C(c1cncc(C(F)(F)F)c1)c1ccc(Cl)c(F)c1. The normalized spacial score (nSPS) is 26.8. The van der Waals surface area contributed by atoms with E-state index in [1.54, 1.807) is 4.31 Å². The van der Waals surface area contributed by atoms with Gasteiger partial charge in [-0.05, 0) is 73.8 Å². The Morgan fingerprint density at radius 1 is 1.10 bits per heavy atom. The third kappa shape index (κ3) is 8.58. The van der Waals surface area contributed by atoms with Gasteiger partial charge >= 0.3 is 12.3 Å². The Hall–Kier alpha value is -3.01. The maximum Gasteiger partial charge on any atom is 0.417 e. The smallest absolute Gasteiger partial charge is 0.417 e. The number of alkyl halides is 3. The Kier molecular flexibility index (Phi) is 11.5. The number of nitrogens with one attached hydrogen (secondary N) is 3. The number of halogens is 5. The van der Waals surface area contributed by atoms with E-state index in [2.05, 4.69) is 20.9 Å². The molecule has 3 N–H and O–H groups in total. The van der Waals surface area contributed by atoms with Crippen LogP contribution in [0.15, 0.2) is 36.7 Å². The summed E-state index contributed by atoms with van der Waals surface area (Å²) < 4.78 is 88.3. The molecule has 7 unspecified atom stereocenters. The Labute approximate surface area is 282 Å². The lowest BCUT2D eigenvalue weighted by Crippen LogP contribution is -2.57. The van der Waals surface area contributed by atoms with Gasteiger partial charge in [0.25, 0.3) is 0 Å². The van der Waals surface area contributed by atoms with E-state index in [0.717, 1.165) is 51.1 Å². The van der Waals surface area contributed by atoms with Crippen LogP contribution in [-0.4, -0.2) is 79.8 Å². The lowest BCUT2D eigenvalue weighted by molar-refractivity contribution is -0.137. The van der Waals surface area contributed by atoms with Crippen LogP contribution in [0.4, 0.5) is 22.4 Å². The number of ether oxygens (including phenoxy) is 1. The van der Waals surface area contributed by atoms with Crippen molar-refractivity contribution < 1.29 is 40.3 Å². The van der Waals surface area contributed by atoms with Crippen molar-refractivity contribution in [2.45, 2.75) is 87.6 Å². The Bertz CT molecular complexity index is 1580. The van der Waals surface area contributed by atoms with Crippen LogP contribution in [0, 0.1) is 11.7 Å². The second-order valence-corrected chi connectivity index (χ2v) is 15.2. The predicted molar refractivity (Wildman–Crippen MR) is 170 cm³/mol. The summed E-state index contributed by atoms with van der Waals surface area (Å²) in [5, 5.41) is 8.73. The maximum atomic E-state index is 14.7. The molecule has 2 aromatic rings. The summed E-state index contributed by atoms with van der Waals surface area (Å²) in [7, 11) is -2.29. The molecule has 7 atom stereocenters. The molecule has 0 spiro atoms. The minimum Gasteiger partial charge on any atom is -0.453 e. The molecule has 5 rings (SSSR count). The monoisotopic (exact) mass is 717 g/mol. The number of carbonyl (C=O) groups is 2. The molecule has 2 saturated heterocycles. The van der Waals surface area contributed by atoms with E-state index in [4.69, 9.17) is 16.3 Å². The van der Waals surface area contributed by atoms with Crippen molar-refractivity contribution in [3.63, 3.8) is 0 Å². The summed E-state index contributed by atoms with van der Waals surface area (Å²) in [4.78, 5) is 30.5. The van der Waals surface area contributed by atoms with Crippen molar-refractivity contribution in [3.05, 3.63) is 64.2 Å². The van der Waals surface area contributed by atoms with Crippen LogP contribution in [0.3, 0.4) is 0 Å². The number of benzene rings is 1. The van der Waals surface area contributed by atoms with Crippen molar-refractivity contribution in [1.29, 1.82) is 0 Å². The molecule has 1 saturated carbocycles. The number of rotatable bonds is 9. The van der Waals surface area contributed by atoms with Gasteiger partial charge in [-0.15, -0.1) is 0 Å². The quantitative estimate of drug-likeness (QED) is 0.313. The molecule has 10 nitrogen and oxygen atoms in total. The van der Waals surface area contributed by atoms with E-state index in [1.807, 2.05) is 0 Å². The first kappa shape index (κ1) is 36.3. The number of hydrogen-bond acceptors (Lipinski definition) is 7. The Balaban J connectivity index is 1.41. The van der Waals surface area contributed by atoms with E-state index >= 15 is 0 Å². The molecule has 2 bridgehead atoms. The summed E-state index contributed by atoms with van der Waals surface area (Å²) >= 11 is 5.90. The number of aromatic nitrogens is 1. The van der Waals surface area contributed by atoms with Gasteiger partial charge in [0.15, 0.2) is 0 Å². The van der Waals surface area contributed by atoms with E-state index < -0.39 is 51.5 Å². The second-order valence-electron chi connectivity index (χ2n) is 12.8. The Morgan fingerprint density at radius 2 is 1.88 bits per heavy atom. The van der Waals surface area contributed by atoms with Crippen LogP contribution < -0.4 is 16.0 Å². The van der Waals surface area contributed by atoms with Crippen LogP contribution in [0.1, 0.15) is 74.0 Å². The number of carbonyl (C=O) groups excluding carboxylic acids is 2. The highest BCUT2D eigenvalue weighted by molar-refractivity contribution is 7.89. The van der Waals surface area contributed by atoms with Gasteiger partial charge in [-0.1, -0.05) is 30.5 Å². The highest BCUT2D eigenvalue weighted by Crippen LogP contribution is 2.36. The highest BCUT2D eigenvalue weighted by Gasteiger charge is 2.41. The average Bonchev–Trinajstić information content (AvgIpc) is 3.16. The largest absolute Gasteiger partial charge is 0.453 e. The summed E-state index contributed by atoms with van der Waals surface area (Å²) in [6.07, 6.45) is 1.74. The Morgan fingerprint density at radius 3 is 2.60 bits per heavy atom. The van der Waals surface area contributed by atoms with Crippen molar-refractivity contribution in [1.82, 2.24) is 25.2 Å². The number of methoxy groups -OCH3 is 1. The number of fused-ring (bicyclic) bond motifs is 2. The number of pyridine rings is 1. The standard InChI is InChI=1S/C32H40ClF4N5O5S/c1-47-31(44)41-29(28(20-9-11-25(33)26(34)14-20)21-13-22(16-38-15-21)32(35,36)37)30(43)40-27-7-3-2-5-19(27)8-10-24-17-39-23-6-4-12-48(45,46)42(24)18-23/h9,11,13-16,19,23-24,27-29,39H,2-8,10,12,17-18H2,1H3,(H,40,43)(H,41,44). The van der Waals surface area contributed by atoms with Gasteiger partial charge in [-0.3, -0.25) is 9.78 Å². The first-order valence-corrected chi connectivity index (χ1v) is 18.1. The molecule has 1 aromatic heterocycles. The van der Waals surface area contributed by atoms with Gasteiger partial charge in [-0.2, -0.15) is 17.5 Å². The molecule has 3 fully saturated rings. The van der Waals surface area contributed by atoms with E-state index in [1.165, 1.54) is 12.1 Å². The predicted octanol–water partition coefficient (Wildman–Crippen LogP) is 4.97. The second kappa shape index (κ2) is 15.3. The molecule has 3 aliphatic rings. The number of alkyl carbamates (subject to hydrolysis) is 1. The molecular formula is C32H40ClF4N5O5S. The summed E-state index contributed by atoms with van der Waals surface area (Å²) in [6.45, 7) is 0.985. The molecule has 16 heteroatoms. The zero-order valence-electron chi connectivity index (χ0n) is 26.4. The van der Waals surface area contributed by atoms with Crippen molar-refractivity contribution >= 4 is 33.6 Å². The van der Waals surface area contributed by atoms with Gasteiger partial charge < -0.3 is 20.7 Å². The minimum absolute atomic E-state index is 0.0180. The van der Waals surface area contributed by atoms with E-state index in [-0.39, 0.29) is 45.9 Å². The fourth-order valence-corrected chi connectivity index (χ4v) is 9.14. The summed E-state index contributed by atoms with van der Waals surface area (Å²) in [5.74, 6) is -2.78. The molecule has 264 valence electrons. The van der Waals surface area contributed by atoms with Crippen molar-refractivity contribution in [2.75, 3.05) is 26.0 Å². The highest BCUT2D eigenvalue weighted by atomic mass is 35.5. The summed E-state index contributed by atoms with van der Waals surface area (Å²) in [5.41, 5.74) is -1.10. The molecule has 2 aliphatic heterocycles. The first-order chi connectivity index (χ1) is 22.8. The van der Waals surface area contributed by atoms with Crippen LogP contribution in [0.2, 0.25) is 5.02 Å². The third-order valence-corrected chi connectivity index (χ3v) is 12.0. The van der Waals surface area contributed by atoms with E-state index in [9.17, 15) is 35.6 Å². The molecule has 0 radical (unpaired) electrons. The lowest BCUT2D eigenvalue weighted by atomic mass is 9.80. The van der Waals surface area contributed by atoms with Crippen LogP contribution in [0.25, 0.3) is 0 Å². The van der Waals surface area contributed by atoms with E-state index in [0.29, 0.717) is 45.0 Å². The fourth-order valence-electron chi connectivity index (χ4n) is 7.22. The third-order valence-electron chi connectivity index (χ3n) is 9.69. The minimum atomic E-state index is -4.76. The van der Waals surface area contributed by atoms with Crippen LogP contribution in [0.5, 0.6) is 0 Å². The number of hydrogen-bond donors (Lipinski definition) is 3. The van der Waals surface area contributed by atoms with Gasteiger partial charge in [-0.25, -0.2) is 17.6 Å². The number of nitrogens with zero attached hydrogens (tertiary/aromatic N) is 2. The maximum absolute atomic E-state index is 14.7. The number of piperazine rings is 1. The van der Waals surface area contributed by atoms with Crippen LogP contribution in [-0.2, 0) is 25.7 Å². The van der Waals surface area contributed by atoms with Crippen LogP contribution >= 0.6 is 11.6 Å². The molecule has 2 amide bonds.